The van der Waals surface area contributed by atoms with Crippen molar-refractivity contribution in [3.63, 3.8) is 0 Å². The van der Waals surface area contributed by atoms with Crippen molar-refractivity contribution in [2.24, 2.45) is 0 Å². The molecule has 134 valence electrons. The third-order valence-corrected chi connectivity index (χ3v) is 3.47. The fraction of sp³-hybridized carbons (Fsp3) is 0.500. The van der Waals surface area contributed by atoms with Gasteiger partial charge in [-0.15, -0.1) is 0 Å². The average Bonchev–Trinajstić information content (AvgIpc) is 2.53. The first-order valence-electron chi connectivity index (χ1n) is 7.57. The Morgan fingerprint density at radius 3 is 2.67 bits per heavy atom. The number of carbonyl (C=O) groups is 2. The van der Waals surface area contributed by atoms with Crippen molar-refractivity contribution < 1.29 is 23.1 Å². The van der Waals surface area contributed by atoms with Crippen LogP contribution in [0.2, 0.25) is 0 Å². The lowest BCUT2D eigenvalue weighted by atomic mass is 10.2. The number of hydrogen-bond acceptors (Lipinski definition) is 4. The number of hydrogen-bond donors (Lipinski definition) is 2. The molecule has 1 unspecified atom stereocenters. The summed E-state index contributed by atoms with van der Waals surface area (Å²) in [5, 5.41) is 5.09. The van der Waals surface area contributed by atoms with Crippen LogP contribution < -0.4 is 10.6 Å². The molecular formula is C16H23F2N3O3. The highest BCUT2D eigenvalue weighted by Crippen LogP contribution is 2.15. The Labute approximate surface area is 140 Å². The van der Waals surface area contributed by atoms with E-state index in [-0.39, 0.29) is 18.1 Å². The zero-order valence-corrected chi connectivity index (χ0v) is 14.1. The Balaban J connectivity index is 2.47. The molecule has 0 aliphatic heterocycles. The van der Waals surface area contributed by atoms with Gasteiger partial charge < -0.3 is 15.4 Å². The van der Waals surface area contributed by atoms with Crippen LogP contribution >= 0.6 is 0 Å². The van der Waals surface area contributed by atoms with E-state index in [1.54, 1.807) is 21.1 Å². The summed E-state index contributed by atoms with van der Waals surface area (Å²) in [5.41, 5.74) is -0.106. The number of benzene rings is 1. The van der Waals surface area contributed by atoms with Gasteiger partial charge in [0.15, 0.2) is 0 Å². The standard InChI is InChI=1S/C16H23F2N3O3/c1-11(21(2)10-15(22)19-7-4-8-24-3)16(23)20-14-6-5-12(17)9-13(14)18/h5-6,9,11H,4,7-8,10H2,1-3H3,(H,19,22)(H,20,23). The quantitative estimate of drug-likeness (QED) is 0.665. The molecule has 0 aliphatic rings. The van der Waals surface area contributed by atoms with E-state index in [4.69, 9.17) is 4.74 Å². The first kappa shape index (κ1) is 20.0. The topological polar surface area (TPSA) is 70.7 Å². The van der Waals surface area contributed by atoms with E-state index in [1.807, 2.05) is 0 Å². The van der Waals surface area contributed by atoms with Crippen LogP contribution in [-0.2, 0) is 14.3 Å². The minimum Gasteiger partial charge on any atom is -0.385 e. The van der Waals surface area contributed by atoms with Crippen molar-refractivity contribution in [3.8, 4) is 0 Å². The normalized spacial score (nSPS) is 12.1. The minimum atomic E-state index is -0.853. The van der Waals surface area contributed by atoms with Crippen LogP contribution in [0.15, 0.2) is 18.2 Å². The van der Waals surface area contributed by atoms with Crippen LogP contribution in [0.4, 0.5) is 14.5 Å². The molecule has 1 atom stereocenters. The van der Waals surface area contributed by atoms with E-state index in [0.717, 1.165) is 12.1 Å². The predicted molar refractivity (Wildman–Crippen MR) is 86.6 cm³/mol. The number of nitrogens with zero attached hydrogens (tertiary/aromatic N) is 1. The molecule has 0 bridgehead atoms. The molecule has 1 aromatic rings. The highest BCUT2D eigenvalue weighted by Gasteiger charge is 2.21. The number of carbonyl (C=O) groups excluding carboxylic acids is 2. The molecule has 0 fully saturated rings. The second-order valence-corrected chi connectivity index (χ2v) is 5.40. The lowest BCUT2D eigenvalue weighted by Crippen LogP contribution is -2.45. The van der Waals surface area contributed by atoms with Crippen molar-refractivity contribution in [2.75, 3.05) is 39.2 Å². The second kappa shape index (κ2) is 9.94. The maximum absolute atomic E-state index is 13.5. The minimum absolute atomic E-state index is 0.0213. The summed E-state index contributed by atoms with van der Waals surface area (Å²) in [6, 6.07) is 2.23. The lowest BCUT2D eigenvalue weighted by Gasteiger charge is -2.23. The van der Waals surface area contributed by atoms with Gasteiger partial charge in [0.05, 0.1) is 18.3 Å². The van der Waals surface area contributed by atoms with E-state index in [9.17, 15) is 18.4 Å². The first-order chi connectivity index (χ1) is 11.3. The maximum atomic E-state index is 13.5. The van der Waals surface area contributed by atoms with Crippen LogP contribution in [0.5, 0.6) is 0 Å². The van der Waals surface area contributed by atoms with E-state index in [0.29, 0.717) is 25.6 Å². The van der Waals surface area contributed by atoms with Crippen molar-refractivity contribution in [1.29, 1.82) is 0 Å². The van der Waals surface area contributed by atoms with E-state index < -0.39 is 23.6 Å². The SMILES string of the molecule is COCCCNC(=O)CN(C)C(C)C(=O)Nc1ccc(F)cc1F. The predicted octanol–water partition coefficient (Wildman–Crippen LogP) is 1.38. The number of rotatable bonds is 9. The maximum Gasteiger partial charge on any atom is 0.241 e. The monoisotopic (exact) mass is 343 g/mol. The van der Waals surface area contributed by atoms with Gasteiger partial charge in [-0.1, -0.05) is 0 Å². The zero-order valence-electron chi connectivity index (χ0n) is 14.1. The smallest absolute Gasteiger partial charge is 0.241 e. The Morgan fingerprint density at radius 2 is 2.04 bits per heavy atom. The van der Waals surface area contributed by atoms with Crippen molar-refractivity contribution in [3.05, 3.63) is 29.8 Å². The van der Waals surface area contributed by atoms with Gasteiger partial charge in [0.1, 0.15) is 11.6 Å². The molecule has 1 aromatic carbocycles. The van der Waals surface area contributed by atoms with Crippen LogP contribution in [0, 0.1) is 11.6 Å². The molecular weight excluding hydrogens is 320 g/mol. The number of methoxy groups -OCH3 is 1. The molecule has 0 heterocycles. The van der Waals surface area contributed by atoms with Crippen LogP contribution in [0.3, 0.4) is 0 Å². The number of amides is 2. The zero-order chi connectivity index (χ0) is 18.1. The Hall–Kier alpha value is -2.06. The van der Waals surface area contributed by atoms with Gasteiger partial charge in [-0.25, -0.2) is 8.78 Å². The van der Waals surface area contributed by atoms with E-state index in [2.05, 4.69) is 10.6 Å². The third-order valence-electron chi connectivity index (χ3n) is 3.47. The molecule has 8 heteroatoms. The molecule has 0 spiro atoms. The highest BCUT2D eigenvalue weighted by atomic mass is 19.1. The molecule has 2 amide bonds. The largest absolute Gasteiger partial charge is 0.385 e. The first-order valence-corrected chi connectivity index (χ1v) is 7.57. The Morgan fingerprint density at radius 1 is 1.33 bits per heavy atom. The molecule has 0 saturated carbocycles. The lowest BCUT2D eigenvalue weighted by molar-refractivity contribution is -0.124. The van der Waals surface area contributed by atoms with Crippen molar-refractivity contribution >= 4 is 17.5 Å². The summed E-state index contributed by atoms with van der Waals surface area (Å²) < 4.78 is 31.3. The number of anilines is 1. The summed E-state index contributed by atoms with van der Waals surface area (Å²) in [6.07, 6.45) is 0.700. The fourth-order valence-electron chi connectivity index (χ4n) is 1.89. The van der Waals surface area contributed by atoms with Gasteiger partial charge in [0.25, 0.3) is 0 Å². The number of halogens is 2. The molecule has 2 N–H and O–H groups in total. The summed E-state index contributed by atoms with van der Waals surface area (Å²) in [5.74, 6) is -2.29. The molecule has 0 radical (unpaired) electrons. The third kappa shape index (κ3) is 6.59. The second-order valence-electron chi connectivity index (χ2n) is 5.40. The molecule has 0 aromatic heterocycles. The van der Waals surface area contributed by atoms with Gasteiger partial charge >= 0.3 is 0 Å². The Bertz CT molecular complexity index is 569. The summed E-state index contributed by atoms with van der Waals surface area (Å²) in [4.78, 5) is 25.4. The average molecular weight is 343 g/mol. The number of ether oxygens (including phenoxy) is 1. The summed E-state index contributed by atoms with van der Waals surface area (Å²) in [7, 11) is 3.19. The molecule has 0 saturated heterocycles. The molecule has 0 aliphatic carbocycles. The van der Waals surface area contributed by atoms with Gasteiger partial charge in [-0.2, -0.15) is 0 Å². The highest BCUT2D eigenvalue weighted by molar-refractivity contribution is 5.95. The van der Waals surface area contributed by atoms with Crippen LogP contribution in [-0.4, -0.2) is 56.6 Å². The van der Waals surface area contributed by atoms with E-state index in [1.165, 1.54) is 4.90 Å². The molecule has 1 rings (SSSR count). The van der Waals surface area contributed by atoms with Gasteiger partial charge in [0.2, 0.25) is 11.8 Å². The summed E-state index contributed by atoms with van der Waals surface area (Å²) >= 11 is 0. The van der Waals surface area contributed by atoms with Gasteiger partial charge in [0, 0.05) is 26.3 Å². The van der Waals surface area contributed by atoms with Crippen molar-refractivity contribution in [2.45, 2.75) is 19.4 Å². The molecule has 24 heavy (non-hydrogen) atoms. The van der Waals surface area contributed by atoms with Gasteiger partial charge in [-0.05, 0) is 32.5 Å². The Kier molecular flexibility index (Phi) is 8.28. The van der Waals surface area contributed by atoms with Crippen LogP contribution in [0.25, 0.3) is 0 Å². The van der Waals surface area contributed by atoms with Crippen LogP contribution in [0.1, 0.15) is 13.3 Å². The summed E-state index contributed by atoms with van der Waals surface area (Å²) in [6.45, 7) is 2.66. The van der Waals surface area contributed by atoms with E-state index >= 15 is 0 Å². The van der Waals surface area contributed by atoms with Crippen molar-refractivity contribution in [1.82, 2.24) is 10.2 Å². The van der Waals surface area contributed by atoms with Gasteiger partial charge in [-0.3, -0.25) is 14.5 Å². The number of nitrogens with one attached hydrogen (secondary N) is 2. The molecule has 6 nitrogen and oxygen atoms in total. The fourth-order valence-corrected chi connectivity index (χ4v) is 1.89. The number of likely N-dealkylation sites (N-methyl/N-ethyl adjacent to an activating group) is 1.